The summed E-state index contributed by atoms with van der Waals surface area (Å²) in [4.78, 5) is 30.9. The smallest absolute Gasteiger partial charge is 0.225 e. The van der Waals surface area contributed by atoms with Crippen molar-refractivity contribution in [3.63, 3.8) is 0 Å². The van der Waals surface area contributed by atoms with E-state index in [-0.39, 0.29) is 11.8 Å². The van der Waals surface area contributed by atoms with Gasteiger partial charge in [0.25, 0.3) is 0 Å². The first-order valence-corrected chi connectivity index (χ1v) is 23.2. The Bertz CT molecular complexity index is 1100. The Hall–Kier alpha value is -2.70. The van der Waals surface area contributed by atoms with E-state index < -0.39 is 0 Å². The molecule has 0 atom stereocenters. The van der Waals surface area contributed by atoms with Crippen LogP contribution in [0.25, 0.3) is 0 Å². The number of anilines is 2. The third-order valence-electron chi connectivity index (χ3n) is 11.0. The second-order valence-electron chi connectivity index (χ2n) is 16.2. The lowest BCUT2D eigenvalue weighted by Crippen LogP contribution is -2.30. The topological polar surface area (TPSA) is 64.7 Å². The SMILES string of the molecule is CCCCCCCCN(CCCCCCC)CCC(=O)Nc1ccc(Cc2ccc(NC(=O)CCN(CCCCCCC)CCCCCCCC)cc2)cc1. The number of carbonyl (C=O) groups is 2. The quantitative estimate of drug-likeness (QED) is 0.0679. The lowest BCUT2D eigenvalue weighted by Gasteiger charge is -2.22. The van der Waals surface area contributed by atoms with Gasteiger partial charge in [0.15, 0.2) is 0 Å². The van der Waals surface area contributed by atoms with Crippen LogP contribution in [0.15, 0.2) is 48.5 Å². The normalized spacial score (nSPS) is 11.5. The number of amides is 2. The minimum absolute atomic E-state index is 0.0947. The van der Waals surface area contributed by atoms with Gasteiger partial charge in [0.05, 0.1) is 0 Å². The van der Waals surface area contributed by atoms with Crippen LogP contribution in [0.5, 0.6) is 0 Å². The van der Waals surface area contributed by atoms with E-state index in [1.807, 2.05) is 24.3 Å². The fraction of sp³-hybridized carbons (Fsp3) is 0.714. The van der Waals surface area contributed by atoms with Crippen molar-refractivity contribution in [3.8, 4) is 0 Å². The largest absolute Gasteiger partial charge is 0.326 e. The van der Waals surface area contributed by atoms with Gasteiger partial charge in [0.2, 0.25) is 11.8 Å². The van der Waals surface area contributed by atoms with Gasteiger partial charge >= 0.3 is 0 Å². The van der Waals surface area contributed by atoms with E-state index in [9.17, 15) is 9.59 Å². The first-order chi connectivity index (χ1) is 27.0. The van der Waals surface area contributed by atoms with Gasteiger partial charge in [0, 0.05) is 37.3 Å². The van der Waals surface area contributed by atoms with Crippen molar-refractivity contribution in [1.82, 2.24) is 9.80 Å². The summed E-state index contributed by atoms with van der Waals surface area (Å²) in [6, 6.07) is 16.5. The summed E-state index contributed by atoms with van der Waals surface area (Å²) in [5.41, 5.74) is 4.11. The van der Waals surface area contributed by atoms with Crippen molar-refractivity contribution < 1.29 is 9.59 Å². The number of rotatable bonds is 36. The maximum absolute atomic E-state index is 12.9. The van der Waals surface area contributed by atoms with Gasteiger partial charge in [-0.2, -0.15) is 0 Å². The first kappa shape index (κ1) is 48.4. The number of unbranched alkanes of at least 4 members (excludes halogenated alkanes) is 18. The highest BCUT2D eigenvalue weighted by atomic mass is 16.2. The molecule has 2 aromatic carbocycles. The summed E-state index contributed by atoms with van der Waals surface area (Å²) >= 11 is 0. The molecule has 2 N–H and O–H groups in total. The summed E-state index contributed by atoms with van der Waals surface area (Å²) in [7, 11) is 0. The Kier molecular flexibility index (Phi) is 29.5. The highest BCUT2D eigenvalue weighted by Crippen LogP contribution is 2.17. The molecule has 0 fully saturated rings. The van der Waals surface area contributed by atoms with Crippen molar-refractivity contribution in [2.24, 2.45) is 0 Å². The lowest BCUT2D eigenvalue weighted by molar-refractivity contribution is -0.117. The van der Waals surface area contributed by atoms with Crippen LogP contribution in [0.2, 0.25) is 0 Å². The summed E-state index contributed by atoms with van der Waals surface area (Å²) in [6.07, 6.45) is 30.4. The molecule has 55 heavy (non-hydrogen) atoms. The van der Waals surface area contributed by atoms with Crippen LogP contribution in [0.3, 0.4) is 0 Å². The number of hydrogen-bond donors (Lipinski definition) is 2. The van der Waals surface area contributed by atoms with Crippen LogP contribution in [0, 0.1) is 0 Å². The van der Waals surface area contributed by atoms with Gasteiger partial charge in [-0.3, -0.25) is 9.59 Å². The highest BCUT2D eigenvalue weighted by Gasteiger charge is 2.11. The maximum atomic E-state index is 12.9. The second-order valence-corrected chi connectivity index (χ2v) is 16.2. The van der Waals surface area contributed by atoms with E-state index in [0.717, 1.165) is 57.1 Å². The van der Waals surface area contributed by atoms with Crippen molar-refractivity contribution in [2.45, 2.75) is 188 Å². The molecule has 2 rings (SSSR count). The summed E-state index contributed by atoms with van der Waals surface area (Å²) in [5.74, 6) is 0.189. The molecule has 2 aromatic rings. The van der Waals surface area contributed by atoms with Crippen LogP contribution in [-0.4, -0.2) is 60.9 Å². The third kappa shape index (κ3) is 26.0. The number of hydrogen-bond acceptors (Lipinski definition) is 4. The molecule has 0 heterocycles. The minimum atomic E-state index is 0.0947. The highest BCUT2D eigenvalue weighted by molar-refractivity contribution is 5.91. The molecule has 0 radical (unpaired) electrons. The zero-order valence-electron chi connectivity index (χ0n) is 36.3. The molecule has 0 spiro atoms. The monoisotopic (exact) mass is 761 g/mol. The molecule has 0 aliphatic carbocycles. The first-order valence-electron chi connectivity index (χ1n) is 23.2. The van der Waals surface area contributed by atoms with E-state index in [1.54, 1.807) is 0 Å². The van der Waals surface area contributed by atoms with Crippen LogP contribution in [0.1, 0.15) is 193 Å². The van der Waals surface area contributed by atoms with Gasteiger partial charge < -0.3 is 20.4 Å². The minimum Gasteiger partial charge on any atom is -0.326 e. The predicted molar refractivity (Wildman–Crippen MR) is 239 cm³/mol. The van der Waals surface area contributed by atoms with Crippen LogP contribution >= 0.6 is 0 Å². The fourth-order valence-electron chi connectivity index (χ4n) is 7.39. The average molecular weight is 761 g/mol. The number of nitrogens with one attached hydrogen (secondary N) is 2. The fourth-order valence-corrected chi connectivity index (χ4v) is 7.39. The lowest BCUT2D eigenvalue weighted by atomic mass is 10.0. The van der Waals surface area contributed by atoms with Crippen LogP contribution in [0.4, 0.5) is 11.4 Å². The molecular formula is C49H84N4O2. The van der Waals surface area contributed by atoms with Crippen molar-refractivity contribution in [2.75, 3.05) is 49.9 Å². The van der Waals surface area contributed by atoms with E-state index in [2.05, 4.69) is 72.4 Å². The van der Waals surface area contributed by atoms with E-state index in [1.165, 1.54) is 152 Å². The van der Waals surface area contributed by atoms with Gasteiger partial charge in [-0.25, -0.2) is 0 Å². The predicted octanol–water partition coefficient (Wildman–Crippen LogP) is 13.2. The number of benzene rings is 2. The third-order valence-corrected chi connectivity index (χ3v) is 11.0. The van der Waals surface area contributed by atoms with Gasteiger partial charge in [-0.15, -0.1) is 0 Å². The molecule has 6 nitrogen and oxygen atoms in total. The summed E-state index contributed by atoms with van der Waals surface area (Å²) in [5, 5.41) is 6.27. The Morgan fingerprint density at radius 3 is 0.945 bits per heavy atom. The van der Waals surface area contributed by atoms with Crippen molar-refractivity contribution in [1.29, 1.82) is 0 Å². The Morgan fingerprint density at radius 2 is 0.655 bits per heavy atom. The number of nitrogens with zero attached hydrogens (tertiary/aromatic N) is 2. The zero-order valence-corrected chi connectivity index (χ0v) is 36.3. The molecular weight excluding hydrogens is 677 g/mol. The molecule has 2 amide bonds. The second kappa shape index (κ2) is 33.4. The van der Waals surface area contributed by atoms with E-state index >= 15 is 0 Å². The van der Waals surface area contributed by atoms with Gasteiger partial charge in [-0.05, 0) is 93.7 Å². The maximum Gasteiger partial charge on any atom is 0.225 e. The van der Waals surface area contributed by atoms with E-state index in [0.29, 0.717) is 12.8 Å². The molecule has 6 heteroatoms. The Labute approximate surface area is 339 Å². The molecule has 0 aliphatic rings. The molecule has 0 aromatic heterocycles. The Balaban J connectivity index is 1.77. The molecule has 312 valence electrons. The van der Waals surface area contributed by atoms with E-state index in [4.69, 9.17) is 0 Å². The van der Waals surface area contributed by atoms with Crippen LogP contribution < -0.4 is 10.6 Å². The summed E-state index contributed by atoms with van der Waals surface area (Å²) < 4.78 is 0. The summed E-state index contributed by atoms with van der Waals surface area (Å²) in [6.45, 7) is 15.1. The van der Waals surface area contributed by atoms with Crippen molar-refractivity contribution >= 4 is 23.2 Å². The van der Waals surface area contributed by atoms with Crippen LogP contribution in [-0.2, 0) is 16.0 Å². The van der Waals surface area contributed by atoms with Crippen molar-refractivity contribution in [3.05, 3.63) is 59.7 Å². The Morgan fingerprint density at radius 1 is 0.382 bits per heavy atom. The number of carbonyl (C=O) groups excluding carboxylic acids is 2. The molecule has 0 saturated heterocycles. The molecule has 0 saturated carbocycles. The molecule has 0 unspecified atom stereocenters. The average Bonchev–Trinajstić information content (AvgIpc) is 3.19. The van der Waals surface area contributed by atoms with Gasteiger partial charge in [0.1, 0.15) is 0 Å². The standard InChI is InChI=1S/C49H84N4O2/c1-5-9-13-17-21-25-39-52(37-23-19-15-11-7-3)41-35-48(54)50-46-31-27-44(28-32-46)43-45-29-33-47(34-30-45)51-49(55)36-42-53(38-24-20-16-12-8-4)40-26-22-18-14-10-6-2/h27-34H,5-26,35-43H2,1-4H3,(H,50,54)(H,51,55). The molecule has 0 aliphatic heterocycles. The zero-order chi connectivity index (χ0) is 39.6. The van der Waals surface area contributed by atoms with Gasteiger partial charge in [-0.1, -0.05) is 168 Å². The molecule has 0 bridgehead atoms.